The van der Waals surface area contributed by atoms with Crippen LogP contribution in [0.15, 0.2) is 0 Å². The van der Waals surface area contributed by atoms with Crippen LogP contribution in [0.1, 0.15) is 19.3 Å². The smallest absolute Gasteiger partial charge is 0.248 e. The Kier molecular flexibility index (Phi) is 3.80. The van der Waals surface area contributed by atoms with Gasteiger partial charge in [0.1, 0.15) is 0 Å². The van der Waals surface area contributed by atoms with E-state index in [1.54, 1.807) is 0 Å². The standard InChI is InChI=1S/C9H14F2NO2/c1-14-3-2-12-8(13)4-7-5-9(10,11)6-7/h2,7H,3-6H2,1H3,(H,12,13). The molecule has 0 bridgehead atoms. The van der Waals surface area contributed by atoms with Crippen LogP contribution in [0.25, 0.3) is 0 Å². The Balaban J connectivity index is 2.05. The summed E-state index contributed by atoms with van der Waals surface area (Å²) < 4.78 is 29.5. The van der Waals surface area contributed by atoms with Crippen molar-refractivity contribution >= 4 is 5.91 Å². The number of methoxy groups -OCH3 is 1. The maximum Gasteiger partial charge on any atom is 0.248 e. The minimum atomic E-state index is -2.54. The molecule has 1 aliphatic rings. The van der Waals surface area contributed by atoms with Gasteiger partial charge in [-0.1, -0.05) is 0 Å². The Bertz CT molecular complexity index is 201. The van der Waals surface area contributed by atoms with Gasteiger partial charge in [-0.05, 0) is 5.92 Å². The number of carbonyl (C=O) groups excluding carboxylic acids is 1. The molecule has 1 rings (SSSR count). The third kappa shape index (κ3) is 3.57. The van der Waals surface area contributed by atoms with E-state index in [4.69, 9.17) is 0 Å². The van der Waals surface area contributed by atoms with Gasteiger partial charge in [-0.25, -0.2) is 8.78 Å². The summed E-state index contributed by atoms with van der Waals surface area (Å²) in [6, 6.07) is 0. The maximum absolute atomic E-state index is 12.4. The minimum absolute atomic E-state index is 0.162. The number of alkyl halides is 2. The fourth-order valence-electron chi connectivity index (χ4n) is 1.49. The van der Waals surface area contributed by atoms with Crippen molar-refractivity contribution in [3.63, 3.8) is 0 Å². The van der Waals surface area contributed by atoms with Gasteiger partial charge in [-0.15, -0.1) is 0 Å². The zero-order chi connectivity index (χ0) is 10.6. The number of ether oxygens (including phenoxy) is 1. The maximum atomic E-state index is 12.4. The molecule has 1 N–H and O–H groups in total. The monoisotopic (exact) mass is 206 g/mol. The molecule has 0 unspecified atom stereocenters. The summed E-state index contributed by atoms with van der Waals surface area (Å²) in [7, 11) is 1.51. The number of rotatable bonds is 5. The van der Waals surface area contributed by atoms with Gasteiger partial charge in [-0.2, -0.15) is 0 Å². The Morgan fingerprint density at radius 1 is 1.64 bits per heavy atom. The SMILES string of the molecule is COC[CH]NC(=O)CC1CC(F)(F)C1. The minimum Gasteiger partial charge on any atom is -0.382 e. The lowest BCUT2D eigenvalue weighted by atomic mass is 9.79. The first kappa shape index (κ1) is 11.4. The lowest BCUT2D eigenvalue weighted by Gasteiger charge is -2.34. The van der Waals surface area contributed by atoms with E-state index in [9.17, 15) is 13.6 Å². The molecule has 0 aliphatic heterocycles. The van der Waals surface area contributed by atoms with E-state index in [0.717, 1.165) is 0 Å². The second-order valence-corrected chi connectivity index (χ2v) is 3.56. The number of carbonyl (C=O) groups is 1. The molecule has 3 nitrogen and oxygen atoms in total. The Morgan fingerprint density at radius 3 is 2.79 bits per heavy atom. The average Bonchev–Trinajstić information content (AvgIpc) is 2.01. The van der Waals surface area contributed by atoms with Crippen LogP contribution in [-0.4, -0.2) is 25.5 Å². The average molecular weight is 206 g/mol. The molecule has 1 aliphatic carbocycles. The van der Waals surface area contributed by atoms with E-state index in [1.165, 1.54) is 13.7 Å². The number of hydrogen-bond acceptors (Lipinski definition) is 2. The van der Waals surface area contributed by atoms with Crippen molar-refractivity contribution in [1.82, 2.24) is 5.32 Å². The fraction of sp³-hybridized carbons (Fsp3) is 0.778. The van der Waals surface area contributed by atoms with E-state index in [-0.39, 0.29) is 31.1 Å². The van der Waals surface area contributed by atoms with Crippen LogP contribution in [0.4, 0.5) is 8.78 Å². The summed E-state index contributed by atoms with van der Waals surface area (Å²) in [6.45, 7) is 1.80. The van der Waals surface area contributed by atoms with Gasteiger partial charge in [0, 0.05) is 26.4 Å². The summed E-state index contributed by atoms with van der Waals surface area (Å²) in [5, 5.41) is 2.48. The highest BCUT2D eigenvalue weighted by Gasteiger charge is 2.45. The zero-order valence-electron chi connectivity index (χ0n) is 8.06. The second-order valence-electron chi connectivity index (χ2n) is 3.56. The van der Waals surface area contributed by atoms with E-state index in [2.05, 4.69) is 10.1 Å². The predicted octanol–water partition coefficient (Wildman–Crippen LogP) is 1.35. The first-order valence-electron chi connectivity index (χ1n) is 4.51. The molecule has 0 heterocycles. The van der Waals surface area contributed by atoms with Gasteiger partial charge in [0.2, 0.25) is 11.8 Å². The van der Waals surface area contributed by atoms with E-state index >= 15 is 0 Å². The quantitative estimate of drug-likeness (QED) is 0.689. The number of halogens is 2. The van der Waals surface area contributed by atoms with Gasteiger partial charge in [0.25, 0.3) is 0 Å². The summed E-state index contributed by atoms with van der Waals surface area (Å²) in [4.78, 5) is 11.1. The van der Waals surface area contributed by atoms with Crippen molar-refractivity contribution in [2.45, 2.75) is 25.2 Å². The first-order valence-corrected chi connectivity index (χ1v) is 4.51. The summed E-state index contributed by atoms with van der Waals surface area (Å²) in [5.74, 6) is -2.93. The van der Waals surface area contributed by atoms with E-state index in [1.807, 2.05) is 0 Å². The molecule has 1 amide bonds. The highest BCUT2D eigenvalue weighted by atomic mass is 19.3. The summed E-state index contributed by atoms with van der Waals surface area (Å²) in [6.07, 6.45) is -0.148. The zero-order valence-corrected chi connectivity index (χ0v) is 8.06. The van der Waals surface area contributed by atoms with Gasteiger partial charge < -0.3 is 10.1 Å². The van der Waals surface area contributed by atoms with Crippen molar-refractivity contribution in [2.75, 3.05) is 13.7 Å². The molecule has 14 heavy (non-hydrogen) atoms. The normalized spacial score (nSPS) is 20.2. The lowest BCUT2D eigenvalue weighted by Crippen LogP contribution is -2.38. The van der Waals surface area contributed by atoms with Crippen LogP contribution in [-0.2, 0) is 9.53 Å². The molecule has 81 valence electrons. The molecule has 0 spiro atoms. The highest BCUT2D eigenvalue weighted by Crippen LogP contribution is 2.43. The van der Waals surface area contributed by atoms with Crippen molar-refractivity contribution < 1.29 is 18.3 Å². The molecule has 0 aromatic heterocycles. The predicted molar refractivity (Wildman–Crippen MR) is 46.6 cm³/mol. The van der Waals surface area contributed by atoms with E-state index < -0.39 is 5.92 Å². The van der Waals surface area contributed by atoms with Gasteiger partial charge in [-0.3, -0.25) is 4.79 Å². The molecular weight excluding hydrogens is 192 g/mol. The molecule has 0 saturated heterocycles. The van der Waals surface area contributed by atoms with Crippen molar-refractivity contribution in [3.8, 4) is 0 Å². The van der Waals surface area contributed by atoms with Gasteiger partial charge in [0.15, 0.2) is 0 Å². The molecular formula is C9H14F2NO2. The summed E-state index contributed by atoms with van der Waals surface area (Å²) >= 11 is 0. The molecule has 1 radical (unpaired) electrons. The van der Waals surface area contributed by atoms with Crippen LogP contribution in [0.3, 0.4) is 0 Å². The second kappa shape index (κ2) is 4.68. The molecule has 0 aromatic rings. The summed E-state index contributed by atoms with van der Waals surface area (Å²) in [5.41, 5.74) is 0. The Labute approximate surface area is 81.8 Å². The third-order valence-electron chi connectivity index (χ3n) is 2.16. The van der Waals surface area contributed by atoms with Crippen LogP contribution in [0, 0.1) is 12.5 Å². The van der Waals surface area contributed by atoms with Crippen molar-refractivity contribution in [3.05, 3.63) is 6.54 Å². The molecule has 5 heteroatoms. The molecule has 1 fully saturated rings. The fourth-order valence-corrected chi connectivity index (χ4v) is 1.49. The number of nitrogens with one attached hydrogen (secondary N) is 1. The Morgan fingerprint density at radius 2 is 2.29 bits per heavy atom. The highest BCUT2D eigenvalue weighted by molar-refractivity contribution is 5.76. The van der Waals surface area contributed by atoms with Crippen LogP contribution >= 0.6 is 0 Å². The number of hydrogen-bond donors (Lipinski definition) is 1. The molecule has 1 saturated carbocycles. The van der Waals surface area contributed by atoms with Crippen LogP contribution in [0.5, 0.6) is 0 Å². The molecule has 0 atom stereocenters. The van der Waals surface area contributed by atoms with Crippen molar-refractivity contribution in [1.29, 1.82) is 0 Å². The van der Waals surface area contributed by atoms with Gasteiger partial charge >= 0.3 is 0 Å². The number of amides is 1. The largest absolute Gasteiger partial charge is 0.382 e. The van der Waals surface area contributed by atoms with Crippen LogP contribution in [0.2, 0.25) is 0 Å². The topological polar surface area (TPSA) is 38.3 Å². The van der Waals surface area contributed by atoms with Crippen LogP contribution < -0.4 is 5.32 Å². The molecule has 0 aromatic carbocycles. The Hall–Kier alpha value is -0.710. The van der Waals surface area contributed by atoms with Gasteiger partial charge in [0.05, 0.1) is 13.2 Å². The lowest BCUT2D eigenvalue weighted by molar-refractivity contribution is -0.133. The third-order valence-corrected chi connectivity index (χ3v) is 2.16. The van der Waals surface area contributed by atoms with E-state index in [0.29, 0.717) is 6.61 Å². The van der Waals surface area contributed by atoms with Crippen molar-refractivity contribution in [2.24, 2.45) is 5.92 Å². The first-order chi connectivity index (χ1) is 6.53.